The Hall–Kier alpha value is -0.500. The normalized spacial score (nSPS) is 20.9. The Morgan fingerprint density at radius 3 is 2.90 bits per heavy atom. The fourth-order valence-corrected chi connectivity index (χ4v) is 1.44. The lowest BCUT2D eigenvalue weighted by atomic mass is 10.3. The van der Waals surface area contributed by atoms with Crippen molar-refractivity contribution in [3.05, 3.63) is 23.1 Å². The highest BCUT2D eigenvalue weighted by Gasteiger charge is 2.07. The Balaban J connectivity index is 2.45. The van der Waals surface area contributed by atoms with Gasteiger partial charge in [-0.3, -0.25) is 4.79 Å². The van der Waals surface area contributed by atoms with E-state index in [1.807, 2.05) is 6.08 Å². The molecule has 0 amide bonds. The minimum Gasteiger partial charge on any atom is -0.282 e. The monoisotopic (exact) mass is 154 g/mol. The third-order valence-electron chi connectivity index (χ3n) is 1.24. The second-order valence-electron chi connectivity index (χ2n) is 2.15. The lowest BCUT2D eigenvalue weighted by Gasteiger charge is -1.88. The fourth-order valence-electron chi connectivity index (χ4n) is 0.731. The largest absolute Gasteiger partial charge is 0.282 e. The molecule has 0 spiro atoms. The molecule has 1 aliphatic rings. The van der Waals surface area contributed by atoms with E-state index in [9.17, 15) is 4.79 Å². The highest BCUT2D eigenvalue weighted by molar-refractivity contribution is 8.17. The fraction of sp³-hybridized carbons (Fsp3) is 0.375. The molecule has 2 heteroatoms. The Bertz CT molecular complexity index is 191. The molecule has 0 bridgehead atoms. The molecule has 10 heavy (non-hydrogen) atoms. The molecule has 0 aromatic rings. The smallest absolute Gasteiger partial charge is 0.216 e. The van der Waals surface area contributed by atoms with Gasteiger partial charge in [-0.05, 0) is 30.3 Å². The number of carbonyl (C=O) groups is 1. The lowest BCUT2D eigenvalue weighted by Crippen LogP contribution is -1.73. The molecule has 0 aliphatic carbocycles. The van der Waals surface area contributed by atoms with Gasteiger partial charge in [0.25, 0.3) is 0 Å². The molecule has 0 aromatic carbocycles. The Morgan fingerprint density at radius 2 is 2.40 bits per heavy atom. The Kier molecular flexibility index (Phi) is 2.75. The van der Waals surface area contributed by atoms with Gasteiger partial charge in [-0.15, -0.1) is 0 Å². The Morgan fingerprint density at radius 1 is 1.60 bits per heavy atom. The van der Waals surface area contributed by atoms with E-state index in [1.54, 1.807) is 6.08 Å². The number of rotatable bonds is 2. The van der Waals surface area contributed by atoms with Gasteiger partial charge in [-0.2, -0.15) is 0 Å². The van der Waals surface area contributed by atoms with Crippen molar-refractivity contribution >= 4 is 16.9 Å². The highest BCUT2D eigenvalue weighted by atomic mass is 32.2. The summed E-state index contributed by atoms with van der Waals surface area (Å²) in [5.74, 6) is 0. The van der Waals surface area contributed by atoms with Crippen molar-refractivity contribution in [1.82, 2.24) is 0 Å². The first-order chi connectivity index (χ1) is 4.83. The van der Waals surface area contributed by atoms with Gasteiger partial charge in [0, 0.05) is 4.91 Å². The van der Waals surface area contributed by atoms with Gasteiger partial charge in [-0.25, -0.2) is 0 Å². The van der Waals surface area contributed by atoms with Crippen molar-refractivity contribution < 1.29 is 4.79 Å². The van der Waals surface area contributed by atoms with Crippen molar-refractivity contribution in [1.29, 1.82) is 0 Å². The molecule has 1 nitrogen and oxygen atoms in total. The number of thioether (sulfide) groups is 1. The van der Waals surface area contributed by atoms with E-state index < -0.39 is 0 Å². The molecule has 0 radical (unpaired) electrons. The van der Waals surface area contributed by atoms with Crippen molar-refractivity contribution in [3.8, 4) is 0 Å². The van der Waals surface area contributed by atoms with Crippen LogP contribution in [0.5, 0.6) is 0 Å². The van der Waals surface area contributed by atoms with Crippen molar-refractivity contribution in [2.75, 3.05) is 0 Å². The molecule has 1 rings (SSSR count). The number of allylic oxidation sites excluding steroid dienone is 2. The third kappa shape index (κ3) is 2.03. The van der Waals surface area contributed by atoms with Crippen LogP contribution in [0.1, 0.15) is 19.8 Å². The summed E-state index contributed by atoms with van der Waals surface area (Å²) in [5, 5.41) is 0.155. The first-order valence-corrected chi connectivity index (χ1v) is 4.24. The summed E-state index contributed by atoms with van der Waals surface area (Å²) >= 11 is 1.32. The van der Waals surface area contributed by atoms with Gasteiger partial charge in [0.05, 0.1) is 0 Å². The van der Waals surface area contributed by atoms with Gasteiger partial charge in [0.15, 0.2) is 0 Å². The standard InChI is InChI=1S/C8H10OS/c1-2-3-4-7-5-6-8(9)10-7/h4-6H,2-3H2,1H3/b7-4-. The first-order valence-electron chi connectivity index (χ1n) is 3.43. The minimum atomic E-state index is 0.155. The van der Waals surface area contributed by atoms with E-state index in [1.165, 1.54) is 11.8 Å². The van der Waals surface area contributed by atoms with Crippen LogP contribution in [0.2, 0.25) is 0 Å². The SMILES string of the molecule is CCC/C=C1/C=CC(=O)S1. The average Bonchev–Trinajstić information content (AvgIpc) is 2.31. The maximum Gasteiger partial charge on any atom is 0.216 e. The van der Waals surface area contributed by atoms with E-state index in [0.29, 0.717) is 0 Å². The molecule has 0 N–H and O–H groups in total. The molecule has 0 fully saturated rings. The minimum absolute atomic E-state index is 0.155. The van der Waals surface area contributed by atoms with Gasteiger partial charge in [0.1, 0.15) is 0 Å². The quantitative estimate of drug-likeness (QED) is 0.608. The number of hydrogen-bond acceptors (Lipinski definition) is 2. The first kappa shape index (κ1) is 7.61. The van der Waals surface area contributed by atoms with Crippen molar-refractivity contribution in [2.45, 2.75) is 19.8 Å². The number of unbranched alkanes of at least 4 members (excludes halogenated alkanes) is 1. The van der Waals surface area contributed by atoms with E-state index >= 15 is 0 Å². The van der Waals surface area contributed by atoms with Gasteiger partial charge in [-0.1, -0.05) is 19.4 Å². The zero-order valence-corrected chi connectivity index (χ0v) is 6.78. The molecule has 1 heterocycles. The molecule has 0 atom stereocenters. The van der Waals surface area contributed by atoms with Crippen molar-refractivity contribution in [2.24, 2.45) is 0 Å². The summed E-state index contributed by atoms with van der Waals surface area (Å²) in [6, 6.07) is 0. The number of hydrogen-bond donors (Lipinski definition) is 0. The van der Waals surface area contributed by atoms with E-state index in [-0.39, 0.29) is 5.12 Å². The third-order valence-corrected chi connectivity index (χ3v) is 2.11. The summed E-state index contributed by atoms with van der Waals surface area (Å²) in [7, 11) is 0. The predicted octanol–water partition coefficient (Wildman–Crippen LogP) is 2.50. The maximum absolute atomic E-state index is 10.7. The highest BCUT2D eigenvalue weighted by Crippen LogP contribution is 2.25. The molecule has 0 saturated carbocycles. The van der Waals surface area contributed by atoms with Gasteiger partial charge >= 0.3 is 0 Å². The second kappa shape index (κ2) is 3.62. The van der Waals surface area contributed by atoms with Crippen LogP contribution in [-0.2, 0) is 4.79 Å². The molecule has 54 valence electrons. The summed E-state index contributed by atoms with van der Waals surface area (Å²) < 4.78 is 0. The van der Waals surface area contributed by atoms with E-state index in [0.717, 1.165) is 17.7 Å². The summed E-state index contributed by atoms with van der Waals surface area (Å²) in [4.78, 5) is 11.8. The maximum atomic E-state index is 10.7. The van der Waals surface area contributed by atoms with E-state index in [4.69, 9.17) is 0 Å². The van der Waals surface area contributed by atoms with Crippen LogP contribution in [0, 0.1) is 0 Å². The zero-order chi connectivity index (χ0) is 7.40. The molecule has 1 aliphatic heterocycles. The predicted molar refractivity (Wildman–Crippen MR) is 44.7 cm³/mol. The van der Waals surface area contributed by atoms with Crippen LogP contribution in [0.4, 0.5) is 0 Å². The van der Waals surface area contributed by atoms with Crippen molar-refractivity contribution in [3.63, 3.8) is 0 Å². The molecule has 0 aromatic heterocycles. The molecular weight excluding hydrogens is 144 g/mol. The summed E-state index contributed by atoms with van der Waals surface area (Å²) in [6.45, 7) is 2.13. The van der Waals surface area contributed by atoms with Crippen LogP contribution < -0.4 is 0 Å². The molecule has 0 saturated heterocycles. The molecular formula is C8H10OS. The van der Waals surface area contributed by atoms with Crippen LogP contribution in [-0.4, -0.2) is 5.12 Å². The van der Waals surface area contributed by atoms with Crippen LogP contribution in [0.15, 0.2) is 23.1 Å². The number of carbonyl (C=O) groups excluding carboxylic acids is 1. The van der Waals surface area contributed by atoms with Gasteiger partial charge in [0.2, 0.25) is 5.12 Å². The topological polar surface area (TPSA) is 17.1 Å². The van der Waals surface area contributed by atoms with Crippen LogP contribution >= 0.6 is 11.8 Å². The Labute approximate surface area is 65.2 Å². The van der Waals surface area contributed by atoms with Crippen LogP contribution in [0.25, 0.3) is 0 Å². The molecule has 0 unspecified atom stereocenters. The summed E-state index contributed by atoms with van der Waals surface area (Å²) in [6.07, 6.45) is 7.81. The lowest BCUT2D eigenvalue weighted by molar-refractivity contribution is -0.106. The summed E-state index contributed by atoms with van der Waals surface area (Å²) in [5.41, 5.74) is 0. The average molecular weight is 154 g/mol. The van der Waals surface area contributed by atoms with E-state index in [2.05, 4.69) is 13.0 Å². The second-order valence-corrected chi connectivity index (χ2v) is 3.23. The van der Waals surface area contributed by atoms with Gasteiger partial charge < -0.3 is 0 Å². The van der Waals surface area contributed by atoms with Crippen LogP contribution in [0.3, 0.4) is 0 Å². The zero-order valence-electron chi connectivity index (χ0n) is 5.96.